The van der Waals surface area contributed by atoms with Crippen LogP contribution in [0.3, 0.4) is 0 Å². The normalized spacial score (nSPS) is 24.5. The zero-order valence-electron chi connectivity index (χ0n) is 19.0. The van der Waals surface area contributed by atoms with Crippen molar-refractivity contribution in [3.05, 3.63) is 71.2 Å². The molecule has 2 spiro atoms. The summed E-state index contributed by atoms with van der Waals surface area (Å²) in [7, 11) is 0. The number of carbonyl (C=O) groups excluding carboxylic acids is 1. The molecule has 12 heteroatoms. The van der Waals surface area contributed by atoms with Gasteiger partial charge < -0.3 is 16.4 Å². The summed E-state index contributed by atoms with van der Waals surface area (Å²) in [5.41, 5.74) is 7.69. The maximum atomic E-state index is 13.0. The van der Waals surface area contributed by atoms with Crippen LogP contribution in [0.5, 0.6) is 0 Å². The number of pyridine rings is 1. The van der Waals surface area contributed by atoms with Crippen LogP contribution >= 0.6 is 0 Å². The van der Waals surface area contributed by atoms with E-state index in [-0.39, 0.29) is 16.9 Å². The largest absolute Gasteiger partial charge is 0.416 e. The van der Waals surface area contributed by atoms with E-state index >= 15 is 0 Å². The van der Waals surface area contributed by atoms with Crippen LogP contribution in [0.1, 0.15) is 39.9 Å². The van der Waals surface area contributed by atoms with Crippen molar-refractivity contribution in [2.75, 3.05) is 30.7 Å². The maximum absolute atomic E-state index is 13.0. The topological polar surface area (TPSA) is 118 Å². The van der Waals surface area contributed by atoms with E-state index in [0.29, 0.717) is 21.7 Å². The van der Waals surface area contributed by atoms with Gasteiger partial charge in [-0.25, -0.2) is 9.97 Å². The third-order valence-corrected chi connectivity index (χ3v) is 7.12. The average Bonchev–Trinajstić information content (AvgIpc) is 3.32. The van der Waals surface area contributed by atoms with Crippen LogP contribution in [-0.4, -0.2) is 51.7 Å². The number of nitrogen functional groups attached to an aromatic ring is 1. The Labute approximate surface area is 203 Å². The minimum Gasteiger partial charge on any atom is -0.383 e. The molecule has 2 aromatic heterocycles. The molecule has 36 heavy (non-hydrogen) atoms. The second-order valence-electron chi connectivity index (χ2n) is 9.30. The molecule has 2 saturated heterocycles. The number of hydrogen-bond acceptors (Lipinski definition) is 7. The average molecular weight is 495 g/mol. The van der Waals surface area contributed by atoms with Crippen molar-refractivity contribution in [3.63, 3.8) is 0 Å². The number of nitrogens with two attached hydrogens (primary N) is 1. The Morgan fingerprint density at radius 2 is 1.94 bits per heavy atom. The fourth-order valence-electron chi connectivity index (χ4n) is 5.24. The maximum Gasteiger partial charge on any atom is 0.416 e. The SMILES string of the molecule is Nc1ncnc2c1C(c1ccc(C(=O)Nc3cc(C(F)(F)F)ccn3)cc1)=N[N+]21CC12CCCNC2. The van der Waals surface area contributed by atoms with E-state index in [0.717, 1.165) is 62.2 Å². The summed E-state index contributed by atoms with van der Waals surface area (Å²) in [5.74, 6) is 0.375. The van der Waals surface area contributed by atoms with Crippen LogP contribution in [0.4, 0.5) is 30.6 Å². The lowest BCUT2D eigenvalue weighted by molar-refractivity contribution is -0.137. The molecule has 0 radical (unpaired) electrons. The molecular weight excluding hydrogens is 473 g/mol. The summed E-state index contributed by atoms with van der Waals surface area (Å²) >= 11 is 0. The van der Waals surface area contributed by atoms with Crippen molar-refractivity contribution in [1.82, 2.24) is 24.9 Å². The molecule has 3 aliphatic heterocycles. The number of alkyl halides is 3. The monoisotopic (exact) mass is 495 g/mol. The highest BCUT2D eigenvalue weighted by Gasteiger charge is 2.76. The van der Waals surface area contributed by atoms with Gasteiger partial charge in [-0.15, -0.1) is 4.59 Å². The molecule has 4 N–H and O–H groups in total. The molecular formula is C24H22F3N8O+. The lowest BCUT2D eigenvalue weighted by atomic mass is 9.99. The van der Waals surface area contributed by atoms with Crippen LogP contribution in [0.15, 0.2) is 54.0 Å². The van der Waals surface area contributed by atoms with Crippen LogP contribution in [-0.2, 0) is 6.18 Å². The van der Waals surface area contributed by atoms with Crippen LogP contribution in [0.25, 0.3) is 0 Å². The molecule has 0 bridgehead atoms. The number of quaternary nitrogens is 1. The predicted molar refractivity (Wildman–Crippen MR) is 127 cm³/mol. The number of halogens is 3. The number of anilines is 2. The predicted octanol–water partition coefficient (Wildman–Crippen LogP) is 2.93. The van der Waals surface area contributed by atoms with Gasteiger partial charge in [-0.3, -0.25) is 4.79 Å². The van der Waals surface area contributed by atoms with Crippen molar-refractivity contribution in [2.24, 2.45) is 5.10 Å². The quantitative estimate of drug-likeness (QED) is 0.380. The Balaban J connectivity index is 1.28. The number of fused-ring (bicyclic) bond motifs is 3. The molecule has 9 nitrogen and oxygen atoms in total. The van der Waals surface area contributed by atoms with Gasteiger partial charge in [0, 0.05) is 23.7 Å². The molecule has 0 saturated carbocycles. The van der Waals surface area contributed by atoms with Crippen LogP contribution < -0.4 is 21.0 Å². The summed E-state index contributed by atoms with van der Waals surface area (Å²) in [5, 5.41) is 11.0. The second-order valence-corrected chi connectivity index (χ2v) is 9.30. The number of benzene rings is 1. The zero-order valence-corrected chi connectivity index (χ0v) is 19.0. The summed E-state index contributed by atoms with van der Waals surface area (Å²) in [4.78, 5) is 25.2. The van der Waals surface area contributed by atoms with Gasteiger partial charge in [-0.1, -0.05) is 17.2 Å². The molecule has 3 aromatic rings. The zero-order chi connectivity index (χ0) is 25.1. The highest BCUT2D eigenvalue weighted by molar-refractivity contribution is 6.20. The van der Waals surface area contributed by atoms with Gasteiger partial charge in [-0.05, 0) is 37.2 Å². The highest BCUT2D eigenvalue weighted by Crippen LogP contribution is 2.56. The van der Waals surface area contributed by atoms with Gasteiger partial charge in [0.05, 0.1) is 12.1 Å². The van der Waals surface area contributed by atoms with Gasteiger partial charge in [0.25, 0.3) is 11.7 Å². The summed E-state index contributed by atoms with van der Waals surface area (Å²) in [6.45, 7) is 2.66. The molecule has 2 fully saturated rings. The van der Waals surface area contributed by atoms with Gasteiger partial charge >= 0.3 is 6.18 Å². The van der Waals surface area contributed by atoms with Gasteiger partial charge in [0.2, 0.25) is 0 Å². The number of nitrogens with zero attached hydrogens (tertiary/aromatic N) is 5. The molecule has 2 atom stereocenters. The van der Waals surface area contributed by atoms with Crippen LogP contribution in [0.2, 0.25) is 0 Å². The van der Waals surface area contributed by atoms with Crippen molar-refractivity contribution >= 4 is 29.1 Å². The lowest BCUT2D eigenvalue weighted by Crippen LogP contribution is -2.44. The molecule has 1 amide bonds. The van der Waals surface area contributed by atoms with E-state index in [1.165, 1.54) is 6.33 Å². The fraction of sp³-hybridized carbons (Fsp3) is 0.292. The van der Waals surface area contributed by atoms with Gasteiger partial charge in [-0.2, -0.15) is 18.2 Å². The summed E-state index contributed by atoms with van der Waals surface area (Å²) in [6.07, 6.45) is 0.0279. The number of piperidine rings is 1. The molecule has 184 valence electrons. The summed E-state index contributed by atoms with van der Waals surface area (Å²) in [6, 6.07) is 8.29. The first kappa shape index (κ1) is 22.6. The minimum atomic E-state index is -4.53. The van der Waals surface area contributed by atoms with Gasteiger partial charge in [0.1, 0.15) is 29.2 Å². The molecule has 0 aliphatic carbocycles. The molecule has 6 rings (SSSR count). The second kappa shape index (κ2) is 7.80. The Kier molecular flexibility index (Phi) is 4.89. The fourth-order valence-corrected chi connectivity index (χ4v) is 5.24. The first-order valence-electron chi connectivity index (χ1n) is 11.5. The van der Waals surface area contributed by atoms with E-state index in [1.54, 1.807) is 24.3 Å². The van der Waals surface area contributed by atoms with Crippen molar-refractivity contribution in [1.29, 1.82) is 0 Å². The number of hydrogen-bond donors (Lipinski definition) is 3. The van der Waals surface area contributed by atoms with Crippen LogP contribution in [0, 0.1) is 0 Å². The van der Waals surface area contributed by atoms with E-state index in [2.05, 4.69) is 25.6 Å². The Bertz CT molecular complexity index is 1400. The Hall–Kier alpha value is -3.90. The smallest absolute Gasteiger partial charge is 0.383 e. The number of aromatic nitrogens is 3. The number of nitrogens with one attached hydrogen (secondary N) is 2. The molecule has 2 unspecified atom stereocenters. The Morgan fingerprint density at radius 1 is 1.14 bits per heavy atom. The highest BCUT2D eigenvalue weighted by atomic mass is 19.4. The minimum absolute atomic E-state index is 0.0483. The molecule has 5 heterocycles. The third-order valence-electron chi connectivity index (χ3n) is 7.12. The molecule has 3 aliphatic rings. The first-order valence-corrected chi connectivity index (χ1v) is 11.5. The van der Waals surface area contributed by atoms with E-state index < -0.39 is 17.6 Å². The van der Waals surface area contributed by atoms with E-state index in [4.69, 9.17) is 10.8 Å². The van der Waals surface area contributed by atoms with E-state index in [1.807, 2.05) is 0 Å². The summed E-state index contributed by atoms with van der Waals surface area (Å²) < 4.78 is 39.3. The first-order chi connectivity index (χ1) is 17.2. The Morgan fingerprint density at radius 3 is 2.67 bits per heavy atom. The number of carbonyl (C=O) groups is 1. The van der Waals surface area contributed by atoms with Crippen molar-refractivity contribution < 1.29 is 18.0 Å². The lowest BCUT2D eigenvalue weighted by Gasteiger charge is -2.22. The van der Waals surface area contributed by atoms with Crippen molar-refractivity contribution in [3.8, 4) is 0 Å². The van der Waals surface area contributed by atoms with Crippen molar-refractivity contribution in [2.45, 2.75) is 24.6 Å². The molecule has 1 aromatic carbocycles. The van der Waals surface area contributed by atoms with E-state index in [9.17, 15) is 18.0 Å². The van der Waals surface area contributed by atoms with Gasteiger partial charge in [0.15, 0.2) is 12.1 Å². The third kappa shape index (κ3) is 3.44. The number of rotatable bonds is 3. The standard InChI is InChI=1S/C24H21F3N8O/c25-24(26,27)16-6-9-30-17(10-16)33-22(36)15-4-2-14(3-5-15)19-18-20(28)31-13-32-21(18)35(34-19)12-23(35)7-1-8-29-11-23/h2-6,9-10,13,29H,1,7-8,11-12H2,(H2-,28,30,31,32,33,34,36)/p+1. The number of amides is 1.